The molecule has 0 bridgehead atoms. The third-order valence-electron chi connectivity index (χ3n) is 3.47. The first-order valence-electron chi connectivity index (χ1n) is 7.13. The Morgan fingerprint density at radius 1 is 1.35 bits per heavy atom. The van der Waals surface area contributed by atoms with E-state index in [0.717, 1.165) is 22.3 Å². The Morgan fingerprint density at radius 3 is 3.00 bits per heavy atom. The van der Waals surface area contributed by atoms with Gasteiger partial charge in [0.1, 0.15) is 24.0 Å². The van der Waals surface area contributed by atoms with Crippen molar-refractivity contribution >= 4 is 10.9 Å². The maximum atomic E-state index is 9.91. The average molecular weight is 272 g/mol. The number of fused-ring (bicyclic) bond motifs is 1. The van der Waals surface area contributed by atoms with E-state index in [1.807, 2.05) is 37.3 Å². The molecule has 2 aromatic rings. The summed E-state index contributed by atoms with van der Waals surface area (Å²) in [6, 6.07) is 10.5. The Labute approximate surface area is 118 Å². The lowest BCUT2D eigenvalue weighted by atomic mass is 10.2. The first-order chi connectivity index (χ1) is 9.72. The number of aromatic nitrogens is 1. The summed E-state index contributed by atoms with van der Waals surface area (Å²) in [4.78, 5) is 4.52. The first-order valence-corrected chi connectivity index (χ1v) is 7.13. The summed E-state index contributed by atoms with van der Waals surface area (Å²) < 4.78 is 5.74. The van der Waals surface area contributed by atoms with E-state index >= 15 is 0 Å². The minimum Gasteiger partial charge on any atom is -0.489 e. The lowest BCUT2D eigenvalue weighted by Crippen LogP contribution is -2.32. The topological polar surface area (TPSA) is 54.4 Å². The molecule has 3 rings (SSSR count). The van der Waals surface area contributed by atoms with Crippen LogP contribution in [0.15, 0.2) is 30.3 Å². The van der Waals surface area contributed by atoms with Crippen molar-refractivity contribution in [2.24, 2.45) is 0 Å². The van der Waals surface area contributed by atoms with E-state index in [-0.39, 0.29) is 6.61 Å². The van der Waals surface area contributed by atoms with Crippen LogP contribution in [0.1, 0.15) is 18.5 Å². The molecule has 106 valence electrons. The molecule has 1 fully saturated rings. The van der Waals surface area contributed by atoms with Crippen LogP contribution in [-0.4, -0.2) is 35.4 Å². The number of nitrogens with zero attached hydrogens (tertiary/aromatic N) is 1. The summed E-state index contributed by atoms with van der Waals surface area (Å²) >= 11 is 0. The molecule has 4 heteroatoms. The number of aryl methyl sites for hydroxylation is 1. The Balaban J connectivity index is 1.65. The number of ether oxygens (including phenoxy) is 1. The predicted octanol–water partition coefficient (Wildman–Crippen LogP) is 2.03. The number of aliphatic hydroxyl groups excluding tert-OH is 1. The lowest BCUT2D eigenvalue weighted by Gasteiger charge is -2.14. The van der Waals surface area contributed by atoms with Crippen molar-refractivity contribution in [1.82, 2.24) is 10.3 Å². The van der Waals surface area contributed by atoms with E-state index in [1.165, 1.54) is 12.8 Å². The SMILES string of the molecule is Cc1ccc2cccc(OCC(O)CNC3CC3)c2n1. The van der Waals surface area contributed by atoms with Crippen LogP contribution in [0.2, 0.25) is 0 Å². The smallest absolute Gasteiger partial charge is 0.145 e. The van der Waals surface area contributed by atoms with E-state index < -0.39 is 6.10 Å². The van der Waals surface area contributed by atoms with Crippen LogP contribution in [0, 0.1) is 6.92 Å². The number of para-hydroxylation sites is 1. The highest BCUT2D eigenvalue weighted by molar-refractivity contribution is 5.84. The largest absolute Gasteiger partial charge is 0.489 e. The average Bonchev–Trinajstić information content (AvgIpc) is 3.27. The van der Waals surface area contributed by atoms with Crippen LogP contribution >= 0.6 is 0 Å². The van der Waals surface area contributed by atoms with Crippen LogP contribution in [0.25, 0.3) is 10.9 Å². The van der Waals surface area contributed by atoms with Crippen molar-refractivity contribution in [3.63, 3.8) is 0 Å². The molecular formula is C16H20N2O2. The summed E-state index contributed by atoms with van der Waals surface area (Å²) in [6.45, 7) is 2.83. The number of hydrogen-bond acceptors (Lipinski definition) is 4. The fourth-order valence-electron chi connectivity index (χ4n) is 2.17. The van der Waals surface area contributed by atoms with Crippen molar-refractivity contribution in [2.45, 2.75) is 31.9 Å². The van der Waals surface area contributed by atoms with Gasteiger partial charge in [-0.2, -0.15) is 0 Å². The van der Waals surface area contributed by atoms with Crippen LogP contribution in [-0.2, 0) is 0 Å². The highest BCUT2D eigenvalue weighted by Gasteiger charge is 2.21. The van der Waals surface area contributed by atoms with E-state index in [4.69, 9.17) is 4.74 Å². The molecule has 1 aliphatic rings. The van der Waals surface area contributed by atoms with Gasteiger partial charge in [0.05, 0.1) is 0 Å². The molecule has 0 radical (unpaired) electrons. The summed E-state index contributed by atoms with van der Waals surface area (Å²) in [6.07, 6.45) is 1.95. The van der Waals surface area contributed by atoms with Gasteiger partial charge in [-0.05, 0) is 31.9 Å². The summed E-state index contributed by atoms with van der Waals surface area (Å²) in [5, 5.41) is 14.3. The fourth-order valence-corrected chi connectivity index (χ4v) is 2.17. The predicted molar refractivity (Wildman–Crippen MR) is 79.0 cm³/mol. The van der Waals surface area contributed by atoms with Crippen LogP contribution in [0.5, 0.6) is 5.75 Å². The molecule has 0 spiro atoms. The van der Waals surface area contributed by atoms with Gasteiger partial charge in [-0.1, -0.05) is 18.2 Å². The zero-order valence-corrected chi connectivity index (χ0v) is 11.7. The zero-order chi connectivity index (χ0) is 13.9. The second-order valence-corrected chi connectivity index (χ2v) is 5.43. The molecule has 0 saturated heterocycles. The molecule has 1 aliphatic carbocycles. The normalized spacial score (nSPS) is 16.3. The molecule has 1 saturated carbocycles. The van der Waals surface area contributed by atoms with E-state index in [9.17, 15) is 5.11 Å². The van der Waals surface area contributed by atoms with Crippen LogP contribution in [0.4, 0.5) is 0 Å². The third-order valence-corrected chi connectivity index (χ3v) is 3.47. The molecule has 1 heterocycles. The van der Waals surface area contributed by atoms with Gasteiger partial charge in [-0.3, -0.25) is 0 Å². The molecular weight excluding hydrogens is 252 g/mol. The molecule has 1 atom stereocenters. The highest BCUT2D eigenvalue weighted by Crippen LogP contribution is 2.24. The number of pyridine rings is 1. The van der Waals surface area contributed by atoms with Crippen molar-refractivity contribution < 1.29 is 9.84 Å². The standard InChI is InChI=1S/C16H20N2O2/c1-11-5-6-12-3-2-4-15(16(12)18-11)20-10-14(19)9-17-13-7-8-13/h2-6,13-14,17,19H,7-10H2,1H3. The monoisotopic (exact) mass is 272 g/mol. The minimum atomic E-state index is -0.490. The van der Waals surface area contributed by atoms with Gasteiger partial charge in [0, 0.05) is 23.7 Å². The fraction of sp³-hybridized carbons (Fsp3) is 0.438. The molecule has 0 aliphatic heterocycles. The highest BCUT2D eigenvalue weighted by atomic mass is 16.5. The molecule has 1 aromatic heterocycles. The first kappa shape index (κ1) is 13.3. The van der Waals surface area contributed by atoms with Crippen molar-refractivity contribution in [2.75, 3.05) is 13.2 Å². The number of hydrogen-bond donors (Lipinski definition) is 2. The van der Waals surface area contributed by atoms with Gasteiger partial charge in [0.2, 0.25) is 0 Å². The Bertz CT molecular complexity index is 596. The third kappa shape index (κ3) is 3.26. The number of aliphatic hydroxyl groups is 1. The van der Waals surface area contributed by atoms with Gasteiger partial charge in [0.15, 0.2) is 0 Å². The van der Waals surface area contributed by atoms with Crippen LogP contribution in [0.3, 0.4) is 0 Å². The summed E-state index contributed by atoms with van der Waals surface area (Å²) in [7, 11) is 0. The van der Waals surface area contributed by atoms with Crippen molar-refractivity contribution in [3.05, 3.63) is 36.0 Å². The second kappa shape index (κ2) is 5.77. The lowest BCUT2D eigenvalue weighted by molar-refractivity contribution is 0.107. The van der Waals surface area contributed by atoms with Crippen molar-refractivity contribution in [1.29, 1.82) is 0 Å². The Kier molecular flexibility index (Phi) is 3.85. The van der Waals surface area contributed by atoms with E-state index in [2.05, 4.69) is 10.3 Å². The number of rotatable bonds is 6. The number of nitrogens with one attached hydrogen (secondary N) is 1. The summed E-state index contributed by atoms with van der Waals surface area (Å²) in [5.74, 6) is 0.733. The van der Waals surface area contributed by atoms with Gasteiger partial charge in [-0.15, -0.1) is 0 Å². The molecule has 20 heavy (non-hydrogen) atoms. The van der Waals surface area contributed by atoms with Gasteiger partial charge >= 0.3 is 0 Å². The van der Waals surface area contributed by atoms with Crippen molar-refractivity contribution in [3.8, 4) is 5.75 Å². The summed E-state index contributed by atoms with van der Waals surface area (Å²) in [5.41, 5.74) is 1.82. The molecule has 0 amide bonds. The van der Waals surface area contributed by atoms with E-state index in [1.54, 1.807) is 0 Å². The Hall–Kier alpha value is -1.65. The van der Waals surface area contributed by atoms with Gasteiger partial charge < -0.3 is 15.2 Å². The van der Waals surface area contributed by atoms with Gasteiger partial charge in [0.25, 0.3) is 0 Å². The maximum absolute atomic E-state index is 9.91. The molecule has 1 aromatic carbocycles. The minimum absolute atomic E-state index is 0.286. The quantitative estimate of drug-likeness (QED) is 0.845. The van der Waals surface area contributed by atoms with E-state index in [0.29, 0.717) is 12.6 Å². The number of benzene rings is 1. The zero-order valence-electron chi connectivity index (χ0n) is 11.7. The molecule has 4 nitrogen and oxygen atoms in total. The second-order valence-electron chi connectivity index (χ2n) is 5.43. The maximum Gasteiger partial charge on any atom is 0.145 e. The Morgan fingerprint density at radius 2 is 2.20 bits per heavy atom. The molecule has 2 N–H and O–H groups in total. The van der Waals surface area contributed by atoms with Crippen LogP contribution < -0.4 is 10.1 Å². The van der Waals surface area contributed by atoms with Gasteiger partial charge in [-0.25, -0.2) is 4.98 Å². The molecule has 1 unspecified atom stereocenters.